The largest absolute Gasteiger partial charge is 0.307 e. The summed E-state index contributed by atoms with van der Waals surface area (Å²) >= 11 is 0. The summed E-state index contributed by atoms with van der Waals surface area (Å²) in [5.41, 5.74) is 9.74. The third-order valence-corrected chi connectivity index (χ3v) is 6.43. The molecule has 0 atom stereocenters. The van der Waals surface area contributed by atoms with Gasteiger partial charge in [-0.1, -0.05) is 48.5 Å². The van der Waals surface area contributed by atoms with Crippen molar-refractivity contribution in [3.8, 4) is 11.4 Å². The Balaban J connectivity index is 1.80. The number of hydrogen-bond acceptors (Lipinski definition) is 2. The number of hydrogen-bond donors (Lipinski definition) is 0. The normalized spacial score (nSPS) is 11.8. The topological polar surface area (TPSA) is 35.6 Å². The number of rotatable bonds is 2. The Kier molecular flexibility index (Phi) is 3.73. The van der Waals surface area contributed by atoms with Gasteiger partial charge in [0.15, 0.2) is 0 Å². The molecule has 0 aliphatic carbocycles. The van der Waals surface area contributed by atoms with Crippen LogP contribution in [-0.4, -0.2) is 19.1 Å². The van der Waals surface area contributed by atoms with Gasteiger partial charge >= 0.3 is 0 Å². The minimum absolute atomic E-state index is 0.916. The molecule has 0 unspecified atom stereocenters. The van der Waals surface area contributed by atoms with E-state index in [0.29, 0.717) is 0 Å². The van der Waals surface area contributed by atoms with Gasteiger partial charge < -0.3 is 9.13 Å². The maximum atomic E-state index is 4.97. The summed E-state index contributed by atoms with van der Waals surface area (Å²) in [6.45, 7) is 2.13. The van der Waals surface area contributed by atoms with Crippen molar-refractivity contribution < 1.29 is 0 Å². The molecule has 0 saturated carbocycles. The Morgan fingerprint density at radius 3 is 2.21 bits per heavy atom. The molecule has 7 aromatic rings. The van der Waals surface area contributed by atoms with Crippen molar-refractivity contribution in [1.82, 2.24) is 19.1 Å². The van der Waals surface area contributed by atoms with Gasteiger partial charge in [-0.25, -0.2) is 0 Å². The number of fused-ring (bicyclic) bond motifs is 7. The Morgan fingerprint density at radius 2 is 1.33 bits per heavy atom. The van der Waals surface area contributed by atoms with E-state index in [1.54, 1.807) is 0 Å². The van der Waals surface area contributed by atoms with Gasteiger partial charge in [0.05, 0.1) is 22.1 Å². The molecule has 0 spiro atoms. The summed E-state index contributed by atoms with van der Waals surface area (Å²) in [4.78, 5) is 9.72. The van der Waals surface area contributed by atoms with Crippen LogP contribution < -0.4 is 0 Å². The quantitative estimate of drug-likeness (QED) is 0.300. The van der Waals surface area contributed by atoms with Gasteiger partial charge in [0, 0.05) is 34.5 Å². The maximum Gasteiger partial charge on any atom is 0.117 e. The molecule has 4 nitrogen and oxygen atoms in total. The number of benzene rings is 3. The highest BCUT2D eigenvalue weighted by Gasteiger charge is 2.22. The summed E-state index contributed by atoms with van der Waals surface area (Å²) in [5.74, 6) is 0. The van der Waals surface area contributed by atoms with Gasteiger partial charge in [0.1, 0.15) is 11.0 Å². The number of pyridine rings is 2. The van der Waals surface area contributed by atoms with Crippen LogP contribution >= 0.6 is 0 Å². The Labute approximate surface area is 190 Å². The summed E-state index contributed by atoms with van der Waals surface area (Å²) in [6, 6.07) is 31.9. The van der Waals surface area contributed by atoms with E-state index in [9.17, 15) is 0 Å². The first kappa shape index (κ1) is 18.2. The molecule has 4 heterocycles. The molecule has 0 amide bonds. The zero-order valence-electron chi connectivity index (χ0n) is 18.1. The Morgan fingerprint density at radius 1 is 0.576 bits per heavy atom. The third kappa shape index (κ3) is 2.52. The second kappa shape index (κ2) is 6.78. The fraction of sp³-hybridized carbons (Fsp3) is 0.0345. The molecule has 0 saturated heterocycles. The lowest BCUT2D eigenvalue weighted by Crippen LogP contribution is -1.99. The van der Waals surface area contributed by atoms with Crippen LogP contribution in [0.2, 0.25) is 0 Å². The fourth-order valence-corrected chi connectivity index (χ4v) is 5.08. The van der Waals surface area contributed by atoms with Gasteiger partial charge in [0.2, 0.25) is 0 Å². The van der Waals surface area contributed by atoms with E-state index >= 15 is 0 Å². The molecule has 0 bridgehead atoms. The van der Waals surface area contributed by atoms with Crippen LogP contribution in [0.3, 0.4) is 0 Å². The maximum absolute atomic E-state index is 4.97. The van der Waals surface area contributed by atoms with Crippen LogP contribution in [0.1, 0.15) is 5.56 Å². The van der Waals surface area contributed by atoms with Gasteiger partial charge in [-0.15, -0.1) is 0 Å². The standard InChI is InChI=1S/C29H20N4/c1-19-9-7-12-21(17-19)33-25-15-8-16-30-26(25)27-29(33)28-23(18-31-27)22-13-5-6-14-24(22)32(28)20-10-3-2-4-11-20/h2-18H,1H3. The van der Waals surface area contributed by atoms with Crippen LogP contribution in [0.15, 0.2) is 103 Å². The van der Waals surface area contributed by atoms with Crippen LogP contribution in [0.4, 0.5) is 0 Å². The molecule has 0 radical (unpaired) electrons. The second-order valence-corrected chi connectivity index (χ2v) is 8.45. The van der Waals surface area contributed by atoms with Crippen LogP contribution in [0, 0.1) is 6.92 Å². The zero-order chi connectivity index (χ0) is 21.9. The lowest BCUT2D eigenvalue weighted by atomic mass is 10.2. The molecule has 156 valence electrons. The zero-order valence-corrected chi connectivity index (χ0v) is 18.1. The lowest BCUT2D eigenvalue weighted by molar-refractivity contribution is 1.14. The number of nitrogens with zero attached hydrogens (tertiary/aromatic N) is 4. The second-order valence-electron chi connectivity index (χ2n) is 8.45. The predicted molar refractivity (Wildman–Crippen MR) is 135 cm³/mol. The lowest BCUT2D eigenvalue weighted by Gasteiger charge is -2.12. The third-order valence-electron chi connectivity index (χ3n) is 6.43. The van der Waals surface area contributed by atoms with Crippen molar-refractivity contribution in [2.75, 3.05) is 0 Å². The highest BCUT2D eigenvalue weighted by atomic mass is 15.1. The van der Waals surface area contributed by atoms with Crippen molar-refractivity contribution in [1.29, 1.82) is 0 Å². The van der Waals surface area contributed by atoms with E-state index in [1.165, 1.54) is 16.5 Å². The highest BCUT2D eigenvalue weighted by molar-refractivity contribution is 6.21. The summed E-state index contributed by atoms with van der Waals surface area (Å²) in [5, 5.41) is 2.33. The molecule has 0 N–H and O–H groups in total. The van der Waals surface area contributed by atoms with Gasteiger partial charge in [-0.05, 0) is 55.0 Å². The van der Waals surface area contributed by atoms with Gasteiger partial charge in [-0.3, -0.25) is 9.97 Å². The van der Waals surface area contributed by atoms with Crippen molar-refractivity contribution >= 4 is 43.9 Å². The predicted octanol–water partition coefficient (Wildman–Crippen LogP) is 6.98. The summed E-state index contributed by atoms with van der Waals surface area (Å²) in [7, 11) is 0. The first-order valence-corrected chi connectivity index (χ1v) is 11.1. The fourth-order valence-electron chi connectivity index (χ4n) is 5.08. The van der Waals surface area contributed by atoms with E-state index in [-0.39, 0.29) is 0 Å². The van der Waals surface area contributed by atoms with Gasteiger partial charge in [-0.2, -0.15) is 0 Å². The minimum atomic E-state index is 0.916. The average Bonchev–Trinajstić information content (AvgIpc) is 3.38. The highest BCUT2D eigenvalue weighted by Crippen LogP contribution is 2.39. The Bertz CT molecular complexity index is 1820. The average molecular weight is 425 g/mol. The SMILES string of the molecule is Cc1cccc(-n2c3cccnc3c3ncc4c5ccccc5n(-c5ccccc5)c4c32)c1. The first-order chi connectivity index (χ1) is 16.3. The van der Waals surface area contributed by atoms with Crippen LogP contribution in [0.5, 0.6) is 0 Å². The first-order valence-electron chi connectivity index (χ1n) is 11.1. The molecule has 0 aliphatic heterocycles. The molecular weight excluding hydrogens is 404 g/mol. The van der Waals surface area contributed by atoms with E-state index < -0.39 is 0 Å². The van der Waals surface area contributed by atoms with E-state index in [2.05, 4.69) is 101 Å². The minimum Gasteiger partial charge on any atom is -0.307 e. The number of para-hydroxylation sites is 2. The molecule has 4 aromatic heterocycles. The van der Waals surface area contributed by atoms with Crippen molar-refractivity contribution in [2.45, 2.75) is 6.92 Å². The molecule has 33 heavy (non-hydrogen) atoms. The molecule has 0 aliphatic rings. The monoisotopic (exact) mass is 424 g/mol. The summed E-state index contributed by atoms with van der Waals surface area (Å²) < 4.78 is 4.68. The van der Waals surface area contributed by atoms with Crippen molar-refractivity contribution in [2.24, 2.45) is 0 Å². The smallest absolute Gasteiger partial charge is 0.117 e. The van der Waals surface area contributed by atoms with Crippen LogP contribution in [0.25, 0.3) is 55.2 Å². The molecular formula is C29H20N4. The molecule has 7 rings (SSSR count). The van der Waals surface area contributed by atoms with E-state index in [0.717, 1.165) is 44.3 Å². The van der Waals surface area contributed by atoms with Crippen LogP contribution in [-0.2, 0) is 0 Å². The van der Waals surface area contributed by atoms with E-state index in [1.807, 2.05) is 18.5 Å². The van der Waals surface area contributed by atoms with Gasteiger partial charge in [0.25, 0.3) is 0 Å². The summed E-state index contributed by atoms with van der Waals surface area (Å²) in [6.07, 6.45) is 3.86. The Hall–Kier alpha value is -4.44. The number of aromatic nitrogens is 4. The van der Waals surface area contributed by atoms with E-state index in [4.69, 9.17) is 9.97 Å². The molecule has 0 fully saturated rings. The molecule has 3 aromatic carbocycles. The molecule has 4 heteroatoms. The van der Waals surface area contributed by atoms with Crippen molar-refractivity contribution in [3.05, 3.63) is 109 Å². The van der Waals surface area contributed by atoms with Crippen molar-refractivity contribution in [3.63, 3.8) is 0 Å². The number of aryl methyl sites for hydroxylation is 1.